The van der Waals surface area contributed by atoms with E-state index in [1.165, 1.54) is 0 Å². The monoisotopic (exact) mass is 353 g/mol. The van der Waals surface area contributed by atoms with Crippen molar-refractivity contribution in [1.82, 2.24) is 5.32 Å². The number of carbonyl (C=O) groups is 1. The van der Waals surface area contributed by atoms with Gasteiger partial charge >= 0.3 is 6.09 Å². The van der Waals surface area contributed by atoms with Crippen molar-refractivity contribution in [1.29, 1.82) is 0 Å². The van der Waals surface area contributed by atoms with Gasteiger partial charge in [0.1, 0.15) is 18.0 Å². The normalized spacial score (nSPS) is 11.3. The predicted octanol–water partition coefficient (Wildman–Crippen LogP) is 5.19. The summed E-state index contributed by atoms with van der Waals surface area (Å²) in [7, 11) is 0. The van der Waals surface area contributed by atoms with Crippen LogP contribution in [0.25, 0.3) is 6.08 Å². The molecule has 0 aliphatic carbocycles. The van der Waals surface area contributed by atoms with E-state index in [0.29, 0.717) is 13.2 Å². The molecule has 26 heavy (non-hydrogen) atoms. The fraction of sp³-hybridized carbons (Fsp3) is 0.318. The first-order valence-electron chi connectivity index (χ1n) is 8.82. The highest BCUT2D eigenvalue weighted by Gasteiger charge is 2.15. The molecule has 0 atom stereocenters. The lowest BCUT2D eigenvalue weighted by molar-refractivity contribution is 0.0529. The van der Waals surface area contributed by atoms with Gasteiger partial charge in [0.05, 0.1) is 0 Å². The molecule has 0 fully saturated rings. The third kappa shape index (κ3) is 7.88. The maximum Gasteiger partial charge on any atom is 0.407 e. The van der Waals surface area contributed by atoms with Crippen LogP contribution in [0, 0.1) is 0 Å². The Bertz CT molecular complexity index is 700. The Labute approximate surface area is 155 Å². The van der Waals surface area contributed by atoms with Crippen LogP contribution < -0.4 is 10.1 Å². The van der Waals surface area contributed by atoms with Gasteiger partial charge in [-0.15, -0.1) is 0 Å². The van der Waals surface area contributed by atoms with Crippen LogP contribution >= 0.6 is 0 Å². The fourth-order valence-corrected chi connectivity index (χ4v) is 2.21. The molecule has 4 heteroatoms. The number of benzene rings is 2. The number of hydrogen-bond donors (Lipinski definition) is 1. The van der Waals surface area contributed by atoms with Gasteiger partial charge in [-0.1, -0.05) is 54.6 Å². The minimum Gasteiger partial charge on any atom is -0.489 e. The van der Waals surface area contributed by atoms with E-state index in [1.54, 1.807) is 0 Å². The van der Waals surface area contributed by atoms with Crippen molar-refractivity contribution in [3.8, 4) is 5.75 Å². The van der Waals surface area contributed by atoms with Crippen LogP contribution in [-0.2, 0) is 11.3 Å². The highest BCUT2D eigenvalue weighted by Crippen LogP contribution is 2.15. The topological polar surface area (TPSA) is 47.6 Å². The first-order valence-corrected chi connectivity index (χ1v) is 8.82. The Kier molecular flexibility index (Phi) is 7.27. The zero-order chi connectivity index (χ0) is 18.8. The zero-order valence-corrected chi connectivity index (χ0v) is 15.7. The Morgan fingerprint density at radius 1 is 1.04 bits per heavy atom. The summed E-state index contributed by atoms with van der Waals surface area (Å²) in [6, 6.07) is 18.0. The molecule has 0 aliphatic rings. The van der Waals surface area contributed by atoms with E-state index in [2.05, 4.69) is 5.32 Å². The molecule has 2 rings (SSSR count). The smallest absolute Gasteiger partial charge is 0.407 e. The third-order valence-corrected chi connectivity index (χ3v) is 3.42. The molecule has 2 aromatic rings. The molecule has 0 heterocycles. The highest BCUT2D eigenvalue weighted by atomic mass is 16.6. The van der Waals surface area contributed by atoms with Gasteiger partial charge in [0.2, 0.25) is 0 Å². The summed E-state index contributed by atoms with van der Waals surface area (Å²) in [5, 5.41) is 2.73. The van der Waals surface area contributed by atoms with Crippen molar-refractivity contribution in [2.75, 3.05) is 6.54 Å². The lowest BCUT2D eigenvalue weighted by atomic mass is 10.2. The molecule has 0 saturated heterocycles. The summed E-state index contributed by atoms with van der Waals surface area (Å²) in [6.45, 7) is 6.65. The number of carbonyl (C=O) groups excluding carboxylic acids is 1. The zero-order valence-electron chi connectivity index (χ0n) is 15.7. The van der Waals surface area contributed by atoms with Crippen LogP contribution in [0.15, 0.2) is 60.7 Å². The Morgan fingerprint density at radius 3 is 2.38 bits per heavy atom. The lowest BCUT2D eigenvalue weighted by Crippen LogP contribution is -2.32. The van der Waals surface area contributed by atoms with E-state index in [9.17, 15) is 4.79 Å². The quantitative estimate of drug-likeness (QED) is 0.697. The van der Waals surface area contributed by atoms with E-state index in [1.807, 2.05) is 87.5 Å². The van der Waals surface area contributed by atoms with Crippen molar-refractivity contribution in [2.24, 2.45) is 0 Å². The second-order valence-corrected chi connectivity index (χ2v) is 6.96. The van der Waals surface area contributed by atoms with Crippen molar-refractivity contribution in [3.63, 3.8) is 0 Å². The van der Waals surface area contributed by atoms with E-state index in [4.69, 9.17) is 9.47 Å². The SMILES string of the molecule is CC(C)(C)OC(=O)NCCC=Cc1ccc(OCc2ccccc2)cc1. The lowest BCUT2D eigenvalue weighted by Gasteiger charge is -2.19. The van der Waals surface area contributed by atoms with E-state index >= 15 is 0 Å². The summed E-state index contributed by atoms with van der Waals surface area (Å²) in [4.78, 5) is 11.5. The molecule has 1 N–H and O–H groups in total. The van der Waals surface area contributed by atoms with Crippen LogP contribution in [-0.4, -0.2) is 18.2 Å². The molecule has 0 bridgehead atoms. The Hall–Kier alpha value is -2.75. The standard InChI is InChI=1S/C22H27NO3/c1-22(2,3)26-21(24)23-16-8-7-9-18-12-14-20(15-13-18)25-17-19-10-5-4-6-11-19/h4-7,9-15H,8,16-17H2,1-3H3,(H,23,24). The summed E-state index contributed by atoms with van der Waals surface area (Å²) in [6.07, 6.45) is 4.41. The van der Waals surface area contributed by atoms with Crippen LogP contribution in [0.5, 0.6) is 5.75 Å². The van der Waals surface area contributed by atoms with Gasteiger partial charge in [0.25, 0.3) is 0 Å². The van der Waals surface area contributed by atoms with Gasteiger partial charge in [-0.2, -0.15) is 0 Å². The van der Waals surface area contributed by atoms with E-state index in [0.717, 1.165) is 23.3 Å². The van der Waals surface area contributed by atoms with Gasteiger partial charge in [0.15, 0.2) is 0 Å². The maximum absolute atomic E-state index is 11.5. The van der Waals surface area contributed by atoms with Gasteiger partial charge in [-0.05, 0) is 50.5 Å². The summed E-state index contributed by atoms with van der Waals surface area (Å²) >= 11 is 0. The molecule has 138 valence electrons. The first kappa shape index (κ1) is 19.6. The third-order valence-electron chi connectivity index (χ3n) is 3.42. The van der Waals surface area contributed by atoms with E-state index < -0.39 is 5.60 Å². The summed E-state index contributed by atoms with van der Waals surface area (Å²) in [5.74, 6) is 0.845. The van der Waals surface area contributed by atoms with Crippen molar-refractivity contribution < 1.29 is 14.3 Å². The Balaban J connectivity index is 1.69. The molecule has 0 saturated carbocycles. The van der Waals surface area contributed by atoms with Crippen LogP contribution in [0.2, 0.25) is 0 Å². The van der Waals surface area contributed by atoms with Crippen LogP contribution in [0.1, 0.15) is 38.3 Å². The van der Waals surface area contributed by atoms with Gasteiger partial charge < -0.3 is 14.8 Å². The van der Waals surface area contributed by atoms with Gasteiger partial charge in [0, 0.05) is 6.54 Å². The minimum atomic E-state index is -0.468. The first-order chi connectivity index (χ1) is 12.4. The highest BCUT2D eigenvalue weighted by molar-refractivity contribution is 5.67. The second-order valence-electron chi connectivity index (χ2n) is 6.96. The molecule has 0 aromatic heterocycles. The molecule has 1 amide bonds. The average Bonchev–Trinajstić information content (AvgIpc) is 2.60. The number of amides is 1. The van der Waals surface area contributed by atoms with Crippen LogP contribution in [0.3, 0.4) is 0 Å². The molecule has 0 aliphatic heterocycles. The number of ether oxygens (including phenoxy) is 2. The van der Waals surface area contributed by atoms with Crippen molar-refractivity contribution in [2.45, 2.75) is 39.4 Å². The van der Waals surface area contributed by atoms with Crippen LogP contribution in [0.4, 0.5) is 4.79 Å². The predicted molar refractivity (Wildman–Crippen MR) is 105 cm³/mol. The molecular formula is C22H27NO3. The van der Waals surface area contributed by atoms with Crippen molar-refractivity contribution >= 4 is 12.2 Å². The van der Waals surface area contributed by atoms with Crippen molar-refractivity contribution in [3.05, 3.63) is 71.8 Å². The number of hydrogen-bond acceptors (Lipinski definition) is 3. The number of rotatable bonds is 7. The summed E-state index contributed by atoms with van der Waals surface area (Å²) in [5.41, 5.74) is 1.77. The number of nitrogens with one attached hydrogen (secondary N) is 1. The summed E-state index contributed by atoms with van der Waals surface area (Å²) < 4.78 is 11.0. The molecule has 0 unspecified atom stereocenters. The van der Waals surface area contributed by atoms with Gasteiger partial charge in [-0.25, -0.2) is 4.79 Å². The molecule has 4 nitrogen and oxygen atoms in total. The Morgan fingerprint density at radius 2 is 1.73 bits per heavy atom. The minimum absolute atomic E-state index is 0.384. The van der Waals surface area contributed by atoms with E-state index in [-0.39, 0.29) is 6.09 Å². The number of alkyl carbamates (subject to hydrolysis) is 1. The molecule has 0 spiro atoms. The molecule has 2 aromatic carbocycles. The largest absolute Gasteiger partial charge is 0.489 e. The molecule has 0 radical (unpaired) electrons. The molecular weight excluding hydrogens is 326 g/mol. The average molecular weight is 353 g/mol. The van der Waals surface area contributed by atoms with Gasteiger partial charge in [-0.3, -0.25) is 0 Å². The maximum atomic E-state index is 11.5. The fourth-order valence-electron chi connectivity index (χ4n) is 2.21. The second kappa shape index (κ2) is 9.66.